The normalized spacial score (nSPS) is 23.9. The summed E-state index contributed by atoms with van der Waals surface area (Å²) in [5.74, 6) is 0.936. The summed E-state index contributed by atoms with van der Waals surface area (Å²) < 4.78 is 6.14. The summed E-state index contributed by atoms with van der Waals surface area (Å²) in [4.78, 5) is 4.78. The van der Waals surface area contributed by atoms with E-state index in [0.717, 1.165) is 36.5 Å². The van der Waals surface area contributed by atoms with Gasteiger partial charge >= 0.3 is 0 Å². The molecule has 3 rings (SSSR count). The Morgan fingerprint density at radius 2 is 2.32 bits per heavy atom. The van der Waals surface area contributed by atoms with Gasteiger partial charge in [-0.05, 0) is 44.4 Å². The Morgan fingerprint density at radius 3 is 3.00 bits per heavy atom. The van der Waals surface area contributed by atoms with Gasteiger partial charge in [0.25, 0.3) is 0 Å². The zero-order valence-corrected chi connectivity index (χ0v) is 11.8. The first kappa shape index (κ1) is 12.7. The number of nitrogens with zero attached hydrogens (tertiary/aromatic N) is 1. The lowest BCUT2D eigenvalue weighted by Gasteiger charge is -2.34. The standard InChI is InChI=1S/C16H22N2O/c1-3-8-16(9-5-10-17-11-16)15-18-13-7-4-6-12(2)14(13)19-15/h4,6-7,17H,3,5,8-11H2,1-2H3. The second-order valence-electron chi connectivity index (χ2n) is 5.75. The lowest BCUT2D eigenvalue weighted by atomic mass is 9.77. The number of para-hydroxylation sites is 1. The van der Waals surface area contributed by atoms with E-state index in [1.807, 2.05) is 6.07 Å². The third kappa shape index (κ3) is 2.16. The molecule has 0 amide bonds. The average Bonchev–Trinajstić information content (AvgIpc) is 2.86. The van der Waals surface area contributed by atoms with Crippen molar-refractivity contribution in [3.05, 3.63) is 29.7 Å². The Bertz CT molecular complexity index is 562. The fraction of sp³-hybridized carbons (Fsp3) is 0.562. The topological polar surface area (TPSA) is 38.1 Å². The number of nitrogens with one attached hydrogen (secondary N) is 1. The zero-order valence-electron chi connectivity index (χ0n) is 11.8. The highest BCUT2D eigenvalue weighted by atomic mass is 16.3. The van der Waals surface area contributed by atoms with Crippen molar-refractivity contribution in [3.63, 3.8) is 0 Å². The smallest absolute Gasteiger partial charge is 0.203 e. The largest absolute Gasteiger partial charge is 0.440 e. The molecule has 0 spiro atoms. The van der Waals surface area contributed by atoms with Gasteiger partial charge in [-0.15, -0.1) is 0 Å². The highest BCUT2D eigenvalue weighted by molar-refractivity contribution is 5.76. The molecule has 19 heavy (non-hydrogen) atoms. The number of hydrogen-bond donors (Lipinski definition) is 1. The second kappa shape index (κ2) is 4.97. The maximum atomic E-state index is 6.14. The Hall–Kier alpha value is -1.35. The Morgan fingerprint density at radius 1 is 1.42 bits per heavy atom. The van der Waals surface area contributed by atoms with Crippen LogP contribution in [-0.2, 0) is 5.41 Å². The minimum absolute atomic E-state index is 0.0957. The van der Waals surface area contributed by atoms with Crippen molar-refractivity contribution in [2.45, 2.75) is 44.9 Å². The molecule has 1 aromatic carbocycles. The Labute approximate surface area is 114 Å². The van der Waals surface area contributed by atoms with Gasteiger partial charge in [-0.25, -0.2) is 4.98 Å². The van der Waals surface area contributed by atoms with Crippen LogP contribution in [0.5, 0.6) is 0 Å². The average molecular weight is 258 g/mol. The predicted molar refractivity (Wildman–Crippen MR) is 77.4 cm³/mol. The number of fused-ring (bicyclic) bond motifs is 1. The number of aromatic nitrogens is 1. The third-order valence-corrected chi connectivity index (χ3v) is 4.27. The molecule has 1 fully saturated rings. The van der Waals surface area contributed by atoms with E-state index in [1.54, 1.807) is 0 Å². The number of oxazole rings is 1. The Kier molecular flexibility index (Phi) is 3.31. The van der Waals surface area contributed by atoms with Gasteiger partial charge in [0.2, 0.25) is 5.89 Å². The van der Waals surface area contributed by atoms with Gasteiger partial charge in [-0.1, -0.05) is 25.5 Å². The number of piperidine rings is 1. The number of benzene rings is 1. The van der Waals surface area contributed by atoms with Crippen molar-refractivity contribution in [1.82, 2.24) is 10.3 Å². The maximum Gasteiger partial charge on any atom is 0.203 e. The molecule has 3 heteroatoms. The maximum absolute atomic E-state index is 6.14. The second-order valence-corrected chi connectivity index (χ2v) is 5.75. The quantitative estimate of drug-likeness (QED) is 0.914. The summed E-state index contributed by atoms with van der Waals surface area (Å²) in [7, 11) is 0. The zero-order chi connectivity index (χ0) is 13.3. The van der Waals surface area contributed by atoms with E-state index < -0.39 is 0 Å². The molecule has 1 saturated heterocycles. The van der Waals surface area contributed by atoms with Gasteiger partial charge in [-0.2, -0.15) is 0 Å². The van der Waals surface area contributed by atoms with Crippen molar-refractivity contribution in [2.75, 3.05) is 13.1 Å². The molecule has 0 aliphatic carbocycles. The van der Waals surface area contributed by atoms with E-state index >= 15 is 0 Å². The van der Waals surface area contributed by atoms with Crippen LogP contribution in [0.2, 0.25) is 0 Å². The number of aryl methyl sites for hydroxylation is 1. The van der Waals surface area contributed by atoms with Crippen molar-refractivity contribution in [3.8, 4) is 0 Å². The molecule has 2 aromatic rings. The molecule has 102 valence electrons. The van der Waals surface area contributed by atoms with Gasteiger partial charge in [0, 0.05) is 6.54 Å². The molecule has 1 unspecified atom stereocenters. The minimum atomic E-state index is 0.0957. The third-order valence-electron chi connectivity index (χ3n) is 4.27. The summed E-state index contributed by atoms with van der Waals surface area (Å²) in [6.45, 7) is 6.44. The van der Waals surface area contributed by atoms with Crippen molar-refractivity contribution in [1.29, 1.82) is 0 Å². The van der Waals surface area contributed by atoms with E-state index in [1.165, 1.54) is 24.8 Å². The van der Waals surface area contributed by atoms with Crippen LogP contribution in [0.4, 0.5) is 0 Å². The molecule has 3 nitrogen and oxygen atoms in total. The molecule has 0 radical (unpaired) electrons. The van der Waals surface area contributed by atoms with Crippen LogP contribution in [0.1, 0.15) is 44.1 Å². The molecule has 1 aromatic heterocycles. The molecule has 2 heterocycles. The first-order valence-electron chi connectivity index (χ1n) is 7.32. The van der Waals surface area contributed by atoms with E-state index in [-0.39, 0.29) is 5.41 Å². The van der Waals surface area contributed by atoms with Gasteiger partial charge in [0.1, 0.15) is 5.52 Å². The summed E-state index contributed by atoms with van der Waals surface area (Å²) in [6.07, 6.45) is 4.70. The summed E-state index contributed by atoms with van der Waals surface area (Å²) >= 11 is 0. The lowest BCUT2D eigenvalue weighted by Crippen LogP contribution is -2.43. The molecule has 1 atom stereocenters. The summed E-state index contributed by atoms with van der Waals surface area (Å²) in [5.41, 5.74) is 3.22. The van der Waals surface area contributed by atoms with Crippen LogP contribution < -0.4 is 5.32 Å². The monoisotopic (exact) mass is 258 g/mol. The molecule has 0 bridgehead atoms. The van der Waals surface area contributed by atoms with Gasteiger partial charge in [0.15, 0.2) is 5.58 Å². The molecule has 1 aliphatic rings. The van der Waals surface area contributed by atoms with E-state index in [0.29, 0.717) is 0 Å². The number of rotatable bonds is 3. The van der Waals surface area contributed by atoms with Gasteiger partial charge < -0.3 is 9.73 Å². The molecular weight excluding hydrogens is 236 g/mol. The van der Waals surface area contributed by atoms with E-state index in [4.69, 9.17) is 9.40 Å². The molecule has 1 aliphatic heterocycles. The van der Waals surface area contributed by atoms with Crippen LogP contribution in [0.15, 0.2) is 22.6 Å². The highest BCUT2D eigenvalue weighted by Gasteiger charge is 2.37. The van der Waals surface area contributed by atoms with Crippen LogP contribution in [0.25, 0.3) is 11.1 Å². The fourth-order valence-corrected chi connectivity index (χ4v) is 3.26. The lowest BCUT2D eigenvalue weighted by molar-refractivity contribution is 0.239. The van der Waals surface area contributed by atoms with Crippen molar-refractivity contribution in [2.24, 2.45) is 0 Å². The van der Waals surface area contributed by atoms with Crippen LogP contribution in [-0.4, -0.2) is 18.1 Å². The summed E-state index contributed by atoms with van der Waals surface area (Å²) in [5, 5.41) is 3.52. The van der Waals surface area contributed by atoms with Gasteiger partial charge in [-0.3, -0.25) is 0 Å². The first-order chi connectivity index (χ1) is 9.25. The molecular formula is C16H22N2O. The highest BCUT2D eigenvalue weighted by Crippen LogP contribution is 2.37. The molecule has 1 N–H and O–H groups in total. The first-order valence-corrected chi connectivity index (χ1v) is 7.32. The van der Waals surface area contributed by atoms with E-state index in [9.17, 15) is 0 Å². The van der Waals surface area contributed by atoms with Crippen molar-refractivity contribution < 1.29 is 4.42 Å². The predicted octanol–water partition coefficient (Wildman–Crippen LogP) is 3.56. The van der Waals surface area contributed by atoms with Crippen LogP contribution in [0, 0.1) is 6.92 Å². The molecule has 0 saturated carbocycles. The van der Waals surface area contributed by atoms with Crippen molar-refractivity contribution >= 4 is 11.1 Å². The van der Waals surface area contributed by atoms with Crippen LogP contribution >= 0.6 is 0 Å². The van der Waals surface area contributed by atoms with E-state index in [2.05, 4.69) is 31.3 Å². The Balaban J connectivity index is 2.07. The van der Waals surface area contributed by atoms with Gasteiger partial charge in [0.05, 0.1) is 5.41 Å². The SMILES string of the molecule is CCCC1(c2nc3cccc(C)c3o2)CCCNC1. The number of hydrogen-bond acceptors (Lipinski definition) is 3. The summed E-state index contributed by atoms with van der Waals surface area (Å²) in [6, 6.07) is 6.18. The van der Waals surface area contributed by atoms with Crippen LogP contribution in [0.3, 0.4) is 0 Å². The minimum Gasteiger partial charge on any atom is -0.440 e. The fourth-order valence-electron chi connectivity index (χ4n) is 3.26.